The van der Waals surface area contributed by atoms with Gasteiger partial charge in [-0.25, -0.2) is 18.1 Å². The van der Waals surface area contributed by atoms with Crippen molar-refractivity contribution in [3.05, 3.63) is 59.4 Å². The molecule has 0 atom stereocenters. The minimum absolute atomic E-state index is 0.0459. The molecule has 3 rings (SSSR count). The topological polar surface area (TPSA) is 87.8 Å². The number of benzene rings is 2. The molecule has 0 spiro atoms. The summed E-state index contributed by atoms with van der Waals surface area (Å²) < 4.78 is 29.1. The van der Waals surface area contributed by atoms with Gasteiger partial charge in [-0.15, -0.1) is 0 Å². The Morgan fingerprint density at radius 1 is 1.24 bits per heavy atom. The van der Waals surface area contributed by atoms with Crippen LogP contribution in [0.5, 0.6) is 0 Å². The first-order valence-corrected chi connectivity index (χ1v) is 9.46. The van der Waals surface area contributed by atoms with Crippen molar-refractivity contribution in [1.82, 2.24) is 14.3 Å². The number of aromatic nitrogens is 2. The number of hydrogen-bond acceptors (Lipinski definition) is 4. The lowest BCUT2D eigenvalue weighted by molar-refractivity contribution is 0.571. The molecule has 128 valence electrons. The van der Waals surface area contributed by atoms with Crippen LogP contribution in [0.4, 0.5) is 0 Å². The third kappa shape index (κ3) is 3.82. The summed E-state index contributed by atoms with van der Waals surface area (Å²) in [6.45, 7) is 0.934. The minimum atomic E-state index is -3.66. The lowest BCUT2D eigenvalue weighted by Gasteiger charge is -2.08. The smallest absolute Gasteiger partial charge is 0.240 e. The summed E-state index contributed by atoms with van der Waals surface area (Å²) in [7, 11) is -3.66. The molecule has 0 aliphatic heterocycles. The number of nitriles is 1. The Labute approximate surface area is 150 Å². The van der Waals surface area contributed by atoms with Crippen molar-refractivity contribution in [1.29, 1.82) is 5.26 Å². The Kier molecular flexibility index (Phi) is 5.04. The van der Waals surface area contributed by atoms with Crippen LogP contribution >= 0.6 is 11.6 Å². The molecule has 0 fully saturated rings. The molecule has 8 heteroatoms. The van der Waals surface area contributed by atoms with Gasteiger partial charge in [-0.3, -0.25) is 0 Å². The van der Waals surface area contributed by atoms with Gasteiger partial charge < -0.3 is 4.57 Å². The van der Waals surface area contributed by atoms with Crippen molar-refractivity contribution >= 4 is 32.7 Å². The molecule has 1 aromatic heterocycles. The number of imidazole rings is 1. The number of rotatable bonds is 6. The van der Waals surface area contributed by atoms with Crippen molar-refractivity contribution in [2.45, 2.75) is 17.9 Å². The average molecular weight is 375 g/mol. The highest BCUT2D eigenvalue weighted by Gasteiger charge is 2.15. The van der Waals surface area contributed by atoms with Crippen LogP contribution in [0, 0.1) is 11.3 Å². The highest BCUT2D eigenvalue weighted by Crippen LogP contribution is 2.20. The molecular weight excluding hydrogens is 360 g/mol. The molecule has 0 saturated carbocycles. The van der Waals surface area contributed by atoms with Crippen LogP contribution in [0.3, 0.4) is 0 Å². The van der Waals surface area contributed by atoms with Crippen molar-refractivity contribution in [3.8, 4) is 6.07 Å². The second-order valence-electron chi connectivity index (χ2n) is 5.43. The van der Waals surface area contributed by atoms with E-state index in [1.165, 1.54) is 18.2 Å². The molecule has 0 saturated heterocycles. The lowest BCUT2D eigenvalue weighted by Crippen LogP contribution is -2.25. The number of sulfonamides is 1. The molecule has 25 heavy (non-hydrogen) atoms. The zero-order valence-electron chi connectivity index (χ0n) is 13.2. The van der Waals surface area contributed by atoms with E-state index in [0.29, 0.717) is 13.0 Å². The third-order valence-electron chi connectivity index (χ3n) is 3.77. The highest BCUT2D eigenvalue weighted by atomic mass is 35.5. The van der Waals surface area contributed by atoms with Crippen molar-refractivity contribution < 1.29 is 8.42 Å². The second kappa shape index (κ2) is 7.23. The van der Waals surface area contributed by atoms with Crippen LogP contribution in [-0.4, -0.2) is 24.5 Å². The number of nitrogens with one attached hydrogen (secondary N) is 1. The van der Waals surface area contributed by atoms with Crippen LogP contribution in [0.25, 0.3) is 11.0 Å². The van der Waals surface area contributed by atoms with Crippen LogP contribution in [0.1, 0.15) is 12.0 Å². The Bertz CT molecular complexity index is 1050. The number of fused-ring (bicyclic) bond motifs is 1. The molecule has 0 aliphatic rings. The maximum absolute atomic E-state index is 12.3. The standard InChI is InChI=1S/C17H15ClN4O2S/c18-15-10-14(7-6-13(15)11-19)25(23,24)21-8-3-9-22-12-20-16-4-1-2-5-17(16)22/h1-2,4-7,10,12,21H,3,8-9H2. The Morgan fingerprint density at radius 3 is 2.80 bits per heavy atom. The molecule has 1 heterocycles. The highest BCUT2D eigenvalue weighted by molar-refractivity contribution is 7.89. The second-order valence-corrected chi connectivity index (χ2v) is 7.61. The van der Waals surface area contributed by atoms with Crippen LogP contribution in [0.2, 0.25) is 5.02 Å². The fourth-order valence-corrected chi connectivity index (χ4v) is 3.87. The summed E-state index contributed by atoms with van der Waals surface area (Å²) in [5.41, 5.74) is 2.17. The predicted octanol–water partition coefficient (Wildman–Crippen LogP) is 2.93. The number of halogens is 1. The van der Waals surface area contributed by atoms with E-state index in [2.05, 4.69) is 9.71 Å². The van der Waals surface area contributed by atoms with Crippen LogP contribution in [-0.2, 0) is 16.6 Å². The van der Waals surface area contributed by atoms with Crippen LogP contribution < -0.4 is 4.72 Å². The molecule has 3 aromatic rings. The van der Waals surface area contributed by atoms with Gasteiger partial charge in [0, 0.05) is 13.1 Å². The zero-order chi connectivity index (χ0) is 17.9. The van der Waals surface area contributed by atoms with Crippen molar-refractivity contribution in [2.75, 3.05) is 6.54 Å². The molecule has 0 radical (unpaired) electrons. The molecule has 1 N–H and O–H groups in total. The summed E-state index contributed by atoms with van der Waals surface area (Å²) >= 11 is 5.89. The van der Waals surface area contributed by atoms with Gasteiger partial charge in [0.05, 0.1) is 32.8 Å². The third-order valence-corrected chi connectivity index (χ3v) is 5.54. The van der Waals surface area contributed by atoms with Gasteiger partial charge in [0.1, 0.15) is 6.07 Å². The SMILES string of the molecule is N#Cc1ccc(S(=O)(=O)NCCCn2cnc3ccccc32)cc1Cl. The van der Waals surface area contributed by atoms with E-state index in [9.17, 15) is 8.42 Å². The van der Waals surface area contributed by atoms with E-state index in [1.54, 1.807) is 6.33 Å². The average Bonchev–Trinajstić information content (AvgIpc) is 3.02. The van der Waals surface area contributed by atoms with E-state index in [-0.39, 0.29) is 22.0 Å². The number of aryl methyl sites for hydroxylation is 1. The predicted molar refractivity (Wildman–Crippen MR) is 95.7 cm³/mol. The van der Waals surface area contributed by atoms with Gasteiger partial charge in [-0.2, -0.15) is 5.26 Å². The zero-order valence-corrected chi connectivity index (χ0v) is 14.8. The van der Waals surface area contributed by atoms with Gasteiger partial charge in [-0.05, 0) is 36.8 Å². The summed E-state index contributed by atoms with van der Waals surface area (Å²) in [5, 5.41) is 8.96. The minimum Gasteiger partial charge on any atom is -0.331 e. The summed E-state index contributed by atoms with van der Waals surface area (Å²) in [4.78, 5) is 4.35. The molecule has 0 amide bonds. The molecule has 0 bridgehead atoms. The monoisotopic (exact) mass is 374 g/mol. The first-order chi connectivity index (χ1) is 12.0. The van der Waals surface area contributed by atoms with Gasteiger partial charge in [-0.1, -0.05) is 23.7 Å². The first-order valence-electron chi connectivity index (χ1n) is 7.60. The largest absolute Gasteiger partial charge is 0.331 e. The van der Waals surface area contributed by atoms with Crippen molar-refractivity contribution in [2.24, 2.45) is 0 Å². The number of hydrogen-bond donors (Lipinski definition) is 1. The summed E-state index contributed by atoms with van der Waals surface area (Å²) in [6.07, 6.45) is 2.36. The Morgan fingerprint density at radius 2 is 2.04 bits per heavy atom. The first kappa shape index (κ1) is 17.4. The van der Waals surface area contributed by atoms with E-state index in [0.717, 1.165) is 11.0 Å². The molecule has 0 aliphatic carbocycles. The van der Waals surface area contributed by atoms with E-state index in [1.807, 2.05) is 34.9 Å². The quantitative estimate of drug-likeness (QED) is 0.672. The van der Waals surface area contributed by atoms with E-state index >= 15 is 0 Å². The van der Waals surface area contributed by atoms with Gasteiger partial charge >= 0.3 is 0 Å². The number of para-hydroxylation sites is 2. The lowest BCUT2D eigenvalue weighted by atomic mass is 10.2. The fraction of sp³-hybridized carbons (Fsp3) is 0.176. The van der Waals surface area contributed by atoms with Gasteiger partial charge in [0.15, 0.2) is 0 Å². The van der Waals surface area contributed by atoms with Gasteiger partial charge in [0.25, 0.3) is 0 Å². The Hall–Kier alpha value is -2.40. The van der Waals surface area contributed by atoms with E-state index < -0.39 is 10.0 Å². The summed E-state index contributed by atoms with van der Waals surface area (Å²) in [6, 6.07) is 13.7. The Balaban J connectivity index is 1.61. The maximum Gasteiger partial charge on any atom is 0.240 e. The molecule has 6 nitrogen and oxygen atoms in total. The van der Waals surface area contributed by atoms with Crippen molar-refractivity contribution in [3.63, 3.8) is 0 Å². The maximum atomic E-state index is 12.3. The summed E-state index contributed by atoms with van der Waals surface area (Å²) in [5.74, 6) is 0. The molecule has 2 aromatic carbocycles. The normalized spacial score (nSPS) is 11.5. The fourth-order valence-electron chi connectivity index (χ4n) is 2.48. The molecular formula is C17H15ClN4O2S. The van der Waals surface area contributed by atoms with Gasteiger partial charge in [0.2, 0.25) is 10.0 Å². The van der Waals surface area contributed by atoms with E-state index in [4.69, 9.17) is 16.9 Å². The van der Waals surface area contributed by atoms with Crippen LogP contribution in [0.15, 0.2) is 53.7 Å². The molecule has 0 unspecified atom stereocenters. The number of nitrogens with zero attached hydrogens (tertiary/aromatic N) is 3.